The Kier molecular flexibility index (Phi) is 4.24. The fourth-order valence-electron chi connectivity index (χ4n) is 2.48. The van der Waals surface area contributed by atoms with E-state index in [2.05, 4.69) is 5.32 Å². The van der Waals surface area contributed by atoms with Gasteiger partial charge in [-0.15, -0.1) is 0 Å². The second kappa shape index (κ2) is 6.18. The second-order valence-electron chi connectivity index (χ2n) is 5.75. The van der Waals surface area contributed by atoms with E-state index in [9.17, 15) is 13.2 Å². The predicted molar refractivity (Wildman–Crippen MR) is 83.0 cm³/mol. The summed E-state index contributed by atoms with van der Waals surface area (Å²) < 4.78 is 26.5. The highest BCUT2D eigenvalue weighted by molar-refractivity contribution is 7.89. The molecule has 0 unspecified atom stereocenters. The molecular weight excluding hydrogens is 316 g/mol. The van der Waals surface area contributed by atoms with E-state index in [1.54, 1.807) is 4.90 Å². The molecule has 2 aliphatic rings. The maximum absolute atomic E-state index is 12.6. The molecule has 0 radical (unpaired) electrons. The first-order chi connectivity index (χ1) is 11.0. The van der Waals surface area contributed by atoms with Gasteiger partial charge in [-0.05, 0) is 37.1 Å². The summed E-state index contributed by atoms with van der Waals surface area (Å²) in [6.45, 7) is 1.32. The molecule has 1 aromatic carbocycles. The monoisotopic (exact) mass is 334 g/mol. The van der Waals surface area contributed by atoms with Crippen molar-refractivity contribution in [3.63, 3.8) is 0 Å². The summed E-state index contributed by atoms with van der Waals surface area (Å²) in [4.78, 5) is 13.8. The van der Waals surface area contributed by atoms with Crippen molar-refractivity contribution in [1.82, 2.24) is 14.5 Å². The highest BCUT2D eigenvalue weighted by Gasteiger charge is 2.32. The Labute approximate surface area is 135 Å². The van der Waals surface area contributed by atoms with Gasteiger partial charge in [-0.25, -0.2) is 13.2 Å². The Bertz CT molecular complexity index is 727. The molecule has 1 aromatic rings. The van der Waals surface area contributed by atoms with Crippen LogP contribution in [-0.4, -0.2) is 55.9 Å². The SMILES string of the molecule is N#Cc1ccc(S(=O)(=O)N2CCN(C(=O)NC3CC3)CC2)cc1. The van der Waals surface area contributed by atoms with E-state index in [0.717, 1.165) is 12.8 Å². The molecule has 3 rings (SSSR count). The molecule has 0 atom stereocenters. The molecule has 1 saturated heterocycles. The number of hydrogen-bond acceptors (Lipinski definition) is 4. The summed E-state index contributed by atoms with van der Waals surface area (Å²) in [5.74, 6) is 0. The van der Waals surface area contributed by atoms with Gasteiger partial charge in [0, 0.05) is 32.2 Å². The van der Waals surface area contributed by atoms with Gasteiger partial charge in [0.2, 0.25) is 10.0 Å². The van der Waals surface area contributed by atoms with E-state index in [4.69, 9.17) is 5.26 Å². The van der Waals surface area contributed by atoms with Crippen molar-refractivity contribution in [2.24, 2.45) is 0 Å². The number of urea groups is 1. The van der Waals surface area contributed by atoms with Gasteiger partial charge in [0.05, 0.1) is 16.5 Å². The fourth-order valence-corrected chi connectivity index (χ4v) is 3.90. The third kappa shape index (κ3) is 3.46. The zero-order valence-electron chi connectivity index (χ0n) is 12.6. The Morgan fingerprint density at radius 3 is 2.26 bits per heavy atom. The Balaban J connectivity index is 1.63. The number of benzene rings is 1. The van der Waals surface area contributed by atoms with Crippen LogP contribution in [0.2, 0.25) is 0 Å². The highest BCUT2D eigenvalue weighted by Crippen LogP contribution is 2.20. The maximum Gasteiger partial charge on any atom is 0.317 e. The molecule has 0 aromatic heterocycles. The average Bonchev–Trinajstić information content (AvgIpc) is 3.39. The van der Waals surface area contributed by atoms with E-state index < -0.39 is 10.0 Å². The number of sulfonamides is 1. The maximum atomic E-state index is 12.6. The minimum Gasteiger partial charge on any atom is -0.335 e. The zero-order valence-corrected chi connectivity index (χ0v) is 13.4. The third-order valence-corrected chi connectivity index (χ3v) is 5.96. The highest BCUT2D eigenvalue weighted by atomic mass is 32.2. The first-order valence-corrected chi connectivity index (χ1v) is 9.00. The standard InChI is InChI=1S/C15H18N4O3S/c16-11-12-1-5-14(6-2-12)23(21,22)19-9-7-18(8-10-19)15(20)17-13-3-4-13/h1-2,5-6,13H,3-4,7-10H2,(H,17,20). The van der Waals surface area contributed by atoms with Crippen LogP contribution in [-0.2, 0) is 10.0 Å². The molecule has 0 spiro atoms. The molecule has 8 heteroatoms. The Morgan fingerprint density at radius 2 is 1.74 bits per heavy atom. The quantitative estimate of drug-likeness (QED) is 0.882. The van der Waals surface area contributed by atoms with Gasteiger partial charge in [0.15, 0.2) is 0 Å². The molecule has 1 heterocycles. The molecule has 122 valence electrons. The number of piperazine rings is 1. The van der Waals surface area contributed by atoms with E-state index in [1.165, 1.54) is 28.6 Å². The number of carbonyl (C=O) groups is 1. The summed E-state index contributed by atoms with van der Waals surface area (Å²) >= 11 is 0. The van der Waals surface area contributed by atoms with Crippen LogP contribution >= 0.6 is 0 Å². The topological polar surface area (TPSA) is 93.5 Å². The molecule has 1 aliphatic carbocycles. The Hall–Kier alpha value is -2.11. The van der Waals surface area contributed by atoms with Crippen molar-refractivity contribution in [2.45, 2.75) is 23.8 Å². The van der Waals surface area contributed by atoms with E-state index in [1.807, 2.05) is 6.07 Å². The lowest BCUT2D eigenvalue weighted by molar-refractivity contribution is 0.172. The summed E-state index contributed by atoms with van der Waals surface area (Å²) in [6.07, 6.45) is 2.05. The second-order valence-corrected chi connectivity index (χ2v) is 7.69. The smallest absolute Gasteiger partial charge is 0.317 e. The van der Waals surface area contributed by atoms with Gasteiger partial charge < -0.3 is 10.2 Å². The minimum absolute atomic E-state index is 0.108. The molecule has 0 bridgehead atoms. The third-order valence-electron chi connectivity index (χ3n) is 4.05. The van der Waals surface area contributed by atoms with Crippen molar-refractivity contribution in [3.8, 4) is 6.07 Å². The van der Waals surface area contributed by atoms with Crippen molar-refractivity contribution in [1.29, 1.82) is 5.26 Å². The van der Waals surface area contributed by atoms with Gasteiger partial charge in [-0.1, -0.05) is 0 Å². The number of nitrogens with one attached hydrogen (secondary N) is 1. The van der Waals surface area contributed by atoms with Gasteiger partial charge in [-0.3, -0.25) is 0 Å². The van der Waals surface area contributed by atoms with Crippen molar-refractivity contribution < 1.29 is 13.2 Å². The van der Waals surface area contributed by atoms with Crippen molar-refractivity contribution in [2.75, 3.05) is 26.2 Å². The summed E-state index contributed by atoms with van der Waals surface area (Å²) in [5.41, 5.74) is 0.422. The lowest BCUT2D eigenvalue weighted by atomic mass is 10.2. The molecular formula is C15H18N4O3S. The lowest BCUT2D eigenvalue weighted by Crippen LogP contribution is -2.53. The number of nitriles is 1. The number of hydrogen-bond donors (Lipinski definition) is 1. The molecule has 1 aliphatic heterocycles. The van der Waals surface area contributed by atoms with E-state index in [0.29, 0.717) is 24.7 Å². The van der Waals surface area contributed by atoms with Crippen LogP contribution in [0.25, 0.3) is 0 Å². The number of carbonyl (C=O) groups excluding carboxylic acids is 1. The van der Waals surface area contributed by atoms with E-state index >= 15 is 0 Å². The van der Waals surface area contributed by atoms with E-state index in [-0.39, 0.29) is 24.0 Å². The lowest BCUT2D eigenvalue weighted by Gasteiger charge is -2.34. The van der Waals surface area contributed by atoms with Crippen LogP contribution in [0, 0.1) is 11.3 Å². The zero-order chi connectivity index (χ0) is 16.4. The first kappa shape index (κ1) is 15.8. The molecule has 2 fully saturated rings. The van der Waals surface area contributed by atoms with Crippen molar-refractivity contribution in [3.05, 3.63) is 29.8 Å². The van der Waals surface area contributed by atoms with Crippen LogP contribution in [0.15, 0.2) is 29.2 Å². The largest absolute Gasteiger partial charge is 0.335 e. The summed E-state index contributed by atoms with van der Waals surface area (Å²) in [5, 5.41) is 11.7. The number of nitrogens with zero attached hydrogens (tertiary/aromatic N) is 3. The number of amides is 2. The number of rotatable bonds is 3. The van der Waals surface area contributed by atoms with Crippen LogP contribution in [0.4, 0.5) is 4.79 Å². The molecule has 1 N–H and O–H groups in total. The summed E-state index contributed by atoms with van der Waals surface area (Å²) in [6, 6.07) is 8.02. The van der Waals surface area contributed by atoms with Gasteiger partial charge >= 0.3 is 6.03 Å². The van der Waals surface area contributed by atoms with Gasteiger partial charge in [0.1, 0.15) is 0 Å². The van der Waals surface area contributed by atoms with Gasteiger partial charge in [-0.2, -0.15) is 9.57 Å². The normalized spacial score (nSPS) is 19.2. The molecule has 1 saturated carbocycles. The average molecular weight is 334 g/mol. The Morgan fingerprint density at radius 1 is 1.13 bits per heavy atom. The summed E-state index contributed by atoms with van der Waals surface area (Å²) in [7, 11) is -3.58. The fraction of sp³-hybridized carbons (Fsp3) is 0.467. The molecule has 23 heavy (non-hydrogen) atoms. The minimum atomic E-state index is -3.58. The van der Waals surface area contributed by atoms with Crippen LogP contribution in [0.3, 0.4) is 0 Å². The first-order valence-electron chi connectivity index (χ1n) is 7.56. The van der Waals surface area contributed by atoms with Crippen LogP contribution < -0.4 is 5.32 Å². The van der Waals surface area contributed by atoms with Gasteiger partial charge in [0.25, 0.3) is 0 Å². The predicted octanol–water partition coefficient (Wildman–Crippen LogP) is 0.737. The molecule has 7 nitrogen and oxygen atoms in total. The van der Waals surface area contributed by atoms with Crippen LogP contribution in [0.5, 0.6) is 0 Å². The van der Waals surface area contributed by atoms with Crippen LogP contribution in [0.1, 0.15) is 18.4 Å². The van der Waals surface area contributed by atoms with Crippen molar-refractivity contribution >= 4 is 16.1 Å². The molecule has 2 amide bonds.